The quantitative estimate of drug-likeness (QED) is 0.346. The molecule has 1 aromatic carbocycles. The third kappa shape index (κ3) is 4.17. The van der Waals surface area contributed by atoms with Crippen molar-refractivity contribution in [3.05, 3.63) is 34.9 Å². The zero-order valence-corrected chi connectivity index (χ0v) is 10.4. The summed E-state index contributed by atoms with van der Waals surface area (Å²) in [5.74, 6) is -8.42. The molecule has 8 heteroatoms. The molecule has 0 radical (unpaired) electrons. The average molecular weight is 295 g/mol. The Kier molecular flexibility index (Phi) is 6.40. The van der Waals surface area contributed by atoms with Gasteiger partial charge in [0.2, 0.25) is 0 Å². The molecule has 0 aromatic heterocycles. The lowest BCUT2D eigenvalue weighted by molar-refractivity contribution is 0.0865. The van der Waals surface area contributed by atoms with E-state index < -0.39 is 34.7 Å². The van der Waals surface area contributed by atoms with Gasteiger partial charge in [0.05, 0.1) is 18.8 Å². The minimum atomic E-state index is -2.03. The van der Waals surface area contributed by atoms with E-state index in [2.05, 4.69) is 5.32 Å². The zero-order valence-electron chi connectivity index (χ0n) is 10.4. The van der Waals surface area contributed by atoms with Gasteiger partial charge in [-0.05, 0) is 12.5 Å². The van der Waals surface area contributed by atoms with Crippen molar-refractivity contribution in [3.63, 3.8) is 0 Å². The number of aliphatic hydroxyl groups is 1. The smallest absolute Gasteiger partial charge is 0.254 e. The Balaban J connectivity index is 2.56. The van der Waals surface area contributed by atoms with Crippen LogP contribution in [0.1, 0.15) is 16.8 Å². The van der Waals surface area contributed by atoms with Gasteiger partial charge in [-0.3, -0.25) is 4.79 Å². The molecular weight excluding hydrogens is 282 g/mol. The van der Waals surface area contributed by atoms with Gasteiger partial charge in [0.25, 0.3) is 5.91 Å². The first kappa shape index (κ1) is 16.4. The number of halogens is 4. The standard InChI is InChI=1S/C12H13F4NO3/c13-8-6-7(9(14)11(16)10(8)15)12(19)17-2-1-4-20-5-3-18/h6,18H,1-5H2,(H,17,19). The van der Waals surface area contributed by atoms with Crippen LogP contribution in [0.2, 0.25) is 0 Å². The second-order valence-corrected chi connectivity index (χ2v) is 3.79. The summed E-state index contributed by atoms with van der Waals surface area (Å²) in [7, 11) is 0. The third-order valence-electron chi connectivity index (χ3n) is 2.33. The molecule has 1 amide bonds. The first-order valence-corrected chi connectivity index (χ1v) is 5.78. The Bertz CT molecular complexity index is 482. The van der Waals surface area contributed by atoms with E-state index in [4.69, 9.17) is 9.84 Å². The first-order valence-electron chi connectivity index (χ1n) is 5.78. The topological polar surface area (TPSA) is 58.6 Å². The van der Waals surface area contributed by atoms with Crippen LogP contribution >= 0.6 is 0 Å². The van der Waals surface area contributed by atoms with E-state index in [0.717, 1.165) is 0 Å². The molecule has 20 heavy (non-hydrogen) atoms. The van der Waals surface area contributed by atoms with Gasteiger partial charge in [-0.2, -0.15) is 0 Å². The van der Waals surface area contributed by atoms with Crippen LogP contribution < -0.4 is 5.32 Å². The lowest BCUT2D eigenvalue weighted by Crippen LogP contribution is -2.27. The molecule has 0 bridgehead atoms. The van der Waals surface area contributed by atoms with Crippen molar-refractivity contribution >= 4 is 5.91 Å². The zero-order chi connectivity index (χ0) is 15.1. The largest absolute Gasteiger partial charge is 0.394 e. The maximum atomic E-state index is 13.3. The predicted octanol–water partition coefficient (Wildman–Crippen LogP) is 1.37. The number of rotatable bonds is 7. The number of carbonyl (C=O) groups excluding carboxylic acids is 1. The normalized spacial score (nSPS) is 10.7. The van der Waals surface area contributed by atoms with Gasteiger partial charge < -0.3 is 15.2 Å². The second-order valence-electron chi connectivity index (χ2n) is 3.79. The summed E-state index contributed by atoms with van der Waals surface area (Å²) in [6.45, 7) is 0.336. The highest BCUT2D eigenvalue weighted by Crippen LogP contribution is 2.18. The molecule has 2 N–H and O–H groups in total. The number of hydrogen-bond donors (Lipinski definition) is 2. The molecule has 0 unspecified atom stereocenters. The predicted molar refractivity (Wildman–Crippen MR) is 61.1 cm³/mol. The van der Waals surface area contributed by atoms with Crippen LogP contribution in [0.25, 0.3) is 0 Å². The van der Waals surface area contributed by atoms with Crippen LogP contribution in [0.5, 0.6) is 0 Å². The number of hydrogen-bond acceptors (Lipinski definition) is 3. The van der Waals surface area contributed by atoms with Crippen molar-refractivity contribution in [2.45, 2.75) is 6.42 Å². The van der Waals surface area contributed by atoms with Crippen LogP contribution in [0.3, 0.4) is 0 Å². The maximum Gasteiger partial charge on any atom is 0.254 e. The first-order chi connectivity index (χ1) is 9.49. The SMILES string of the molecule is O=C(NCCCOCCO)c1cc(F)c(F)c(F)c1F. The third-order valence-corrected chi connectivity index (χ3v) is 2.33. The van der Waals surface area contributed by atoms with E-state index in [1.165, 1.54) is 0 Å². The minimum absolute atomic E-state index is 0.0737. The highest BCUT2D eigenvalue weighted by Gasteiger charge is 2.22. The van der Waals surface area contributed by atoms with Gasteiger partial charge in [0.1, 0.15) is 0 Å². The maximum absolute atomic E-state index is 13.3. The number of carbonyl (C=O) groups is 1. The van der Waals surface area contributed by atoms with E-state index in [1.54, 1.807) is 0 Å². The Morgan fingerprint density at radius 1 is 1.15 bits per heavy atom. The molecule has 0 saturated carbocycles. The van der Waals surface area contributed by atoms with E-state index in [9.17, 15) is 22.4 Å². The fourth-order valence-electron chi connectivity index (χ4n) is 1.38. The summed E-state index contributed by atoms with van der Waals surface area (Å²) in [6, 6.07) is 0.297. The van der Waals surface area contributed by atoms with E-state index in [-0.39, 0.29) is 26.4 Å². The molecule has 0 atom stereocenters. The summed E-state index contributed by atoms with van der Waals surface area (Å²) in [5, 5.41) is 10.6. The van der Waals surface area contributed by atoms with Crippen molar-refractivity contribution < 1.29 is 32.2 Å². The summed E-state index contributed by atoms with van der Waals surface area (Å²) in [6.07, 6.45) is 0.361. The molecule has 0 aliphatic heterocycles. The number of nitrogens with one attached hydrogen (secondary N) is 1. The molecule has 1 rings (SSSR count). The van der Waals surface area contributed by atoms with Crippen LogP contribution in [0.4, 0.5) is 17.6 Å². The van der Waals surface area contributed by atoms with Gasteiger partial charge in [-0.25, -0.2) is 17.6 Å². The molecule has 0 spiro atoms. The Hall–Kier alpha value is -1.67. The monoisotopic (exact) mass is 295 g/mol. The fraction of sp³-hybridized carbons (Fsp3) is 0.417. The van der Waals surface area contributed by atoms with Gasteiger partial charge >= 0.3 is 0 Å². The summed E-state index contributed by atoms with van der Waals surface area (Å²) >= 11 is 0. The van der Waals surface area contributed by atoms with Crippen LogP contribution in [-0.4, -0.2) is 37.4 Å². The molecule has 4 nitrogen and oxygen atoms in total. The van der Waals surface area contributed by atoms with E-state index in [1.807, 2.05) is 0 Å². The van der Waals surface area contributed by atoms with Gasteiger partial charge in [-0.15, -0.1) is 0 Å². The minimum Gasteiger partial charge on any atom is -0.394 e. The number of benzene rings is 1. The number of amides is 1. The molecular formula is C12H13F4NO3. The van der Waals surface area contributed by atoms with Crippen molar-refractivity contribution in [1.29, 1.82) is 0 Å². The molecule has 0 heterocycles. The highest BCUT2D eigenvalue weighted by atomic mass is 19.2. The van der Waals surface area contributed by atoms with E-state index in [0.29, 0.717) is 12.5 Å². The Morgan fingerprint density at radius 3 is 2.50 bits per heavy atom. The Morgan fingerprint density at radius 2 is 1.85 bits per heavy atom. The Labute approximate surface area is 112 Å². The second kappa shape index (κ2) is 7.81. The van der Waals surface area contributed by atoms with Crippen molar-refractivity contribution in [1.82, 2.24) is 5.32 Å². The molecule has 0 aliphatic carbocycles. The van der Waals surface area contributed by atoms with Gasteiger partial charge in [-0.1, -0.05) is 0 Å². The molecule has 0 fully saturated rings. The summed E-state index contributed by atoms with van der Waals surface area (Å²) in [4.78, 5) is 11.5. The fourth-order valence-corrected chi connectivity index (χ4v) is 1.38. The average Bonchev–Trinajstić information content (AvgIpc) is 2.44. The van der Waals surface area contributed by atoms with Crippen LogP contribution in [-0.2, 0) is 4.74 Å². The van der Waals surface area contributed by atoms with Crippen molar-refractivity contribution in [3.8, 4) is 0 Å². The molecule has 0 aliphatic rings. The number of ether oxygens (including phenoxy) is 1. The van der Waals surface area contributed by atoms with Crippen molar-refractivity contribution in [2.24, 2.45) is 0 Å². The summed E-state index contributed by atoms with van der Waals surface area (Å²) in [5.41, 5.74) is -0.905. The van der Waals surface area contributed by atoms with Crippen LogP contribution in [0, 0.1) is 23.3 Å². The molecule has 0 saturated heterocycles. The van der Waals surface area contributed by atoms with Crippen molar-refractivity contribution in [2.75, 3.05) is 26.4 Å². The van der Waals surface area contributed by atoms with Gasteiger partial charge in [0, 0.05) is 13.2 Å². The highest BCUT2D eigenvalue weighted by molar-refractivity contribution is 5.94. The molecule has 112 valence electrons. The lowest BCUT2D eigenvalue weighted by Gasteiger charge is -2.07. The summed E-state index contributed by atoms with van der Waals surface area (Å²) < 4.78 is 56.7. The number of aliphatic hydroxyl groups excluding tert-OH is 1. The van der Waals surface area contributed by atoms with Gasteiger partial charge in [0.15, 0.2) is 23.3 Å². The van der Waals surface area contributed by atoms with Crippen LogP contribution in [0.15, 0.2) is 6.07 Å². The molecule has 1 aromatic rings. The lowest BCUT2D eigenvalue weighted by atomic mass is 10.1. The van der Waals surface area contributed by atoms with E-state index >= 15 is 0 Å².